The Morgan fingerprint density at radius 3 is 2.68 bits per heavy atom. The Morgan fingerprint density at radius 2 is 1.88 bits per heavy atom. The Balaban J connectivity index is 1.69. The molecule has 0 aliphatic heterocycles. The lowest BCUT2D eigenvalue weighted by Gasteiger charge is -2.01. The third-order valence-corrected chi connectivity index (χ3v) is 4.12. The molecule has 122 valence electrons. The van der Waals surface area contributed by atoms with E-state index in [0.717, 1.165) is 34.5 Å². The van der Waals surface area contributed by atoms with E-state index in [0.29, 0.717) is 5.82 Å². The van der Waals surface area contributed by atoms with E-state index in [2.05, 4.69) is 25.3 Å². The number of hydrogen-bond donors (Lipinski definition) is 0. The topological polar surface area (TPSA) is 78.7 Å². The van der Waals surface area contributed by atoms with Crippen LogP contribution >= 0.6 is 0 Å². The second-order valence-electron chi connectivity index (χ2n) is 5.66. The van der Waals surface area contributed by atoms with Crippen LogP contribution in [0.25, 0.3) is 33.8 Å². The van der Waals surface area contributed by atoms with Gasteiger partial charge in [-0.05, 0) is 19.1 Å². The number of nitrogens with zero attached hydrogens (tertiary/aromatic N) is 8. The summed E-state index contributed by atoms with van der Waals surface area (Å²) in [5.41, 5.74) is 3.32. The van der Waals surface area contributed by atoms with Gasteiger partial charge in [-0.25, -0.2) is 19.2 Å². The molecule has 0 fully saturated rings. The molecular weight excluding hydrogens is 316 g/mol. The molecule has 0 aliphatic carbocycles. The van der Waals surface area contributed by atoms with Gasteiger partial charge in [-0.15, -0.1) is 5.10 Å². The maximum atomic E-state index is 4.67. The maximum Gasteiger partial charge on any atom is 0.185 e. The van der Waals surface area contributed by atoms with E-state index in [9.17, 15) is 0 Å². The normalized spacial score (nSPS) is 11.6. The van der Waals surface area contributed by atoms with Crippen LogP contribution in [0.15, 0.2) is 55.2 Å². The number of fused-ring (bicyclic) bond motifs is 3. The van der Waals surface area contributed by atoms with Crippen molar-refractivity contribution in [3.05, 3.63) is 55.2 Å². The smallest absolute Gasteiger partial charge is 0.185 e. The molecule has 1 aromatic carbocycles. The lowest BCUT2D eigenvalue weighted by molar-refractivity contribution is 0.660. The molecule has 5 aromatic rings. The molecule has 0 bridgehead atoms. The van der Waals surface area contributed by atoms with Crippen molar-refractivity contribution in [1.82, 2.24) is 39.1 Å². The molecule has 0 saturated heterocycles. The number of aromatic nitrogens is 8. The molecule has 0 atom stereocenters. The number of hydrogen-bond acceptors (Lipinski definition) is 5. The first-order valence-corrected chi connectivity index (χ1v) is 8.01. The van der Waals surface area contributed by atoms with Gasteiger partial charge in [0.15, 0.2) is 17.1 Å². The van der Waals surface area contributed by atoms with Crippen molar-refractivity contribution in [3.8, 4) is 17.1 Å². The van der Waals surface area contributed by atoms with Gasteiger partial charge < -0.3 is 0 Å². The third kappa shape index (κ3) is 2.11. The first-order valence-electron chi connectivity index (χ1n) is 8.01. The largest absolute Gasteiger partial charge is 0.272 e. The molecule has 0 spiro atoms. The van der Waals surface area contributed by atoms with Gasteiger partial charge in [0.25, 0.3) is 0 Å². The third-order valence-electron chi connectivity index (χ3n) is 4.12. The fourth-order valence-electron chi connectivity index (χ4n) is 2.85. The first-order chi connectivity index (χ1) is 12.3. The summed E-state index contributed by atoms with van der Waals surface area (Å²) in [5.74, 6) is 0.626. The van der Waals surface area contributed by atoms with E-state index >= 15 is 0 Å². The van der Waals surface area contributed by atoms with Crippen LogP contribution in [0.4, 0.5) is 0 Å². The summed E-state index contributed by atoms with van der Waals surface area (Å²) < 4.78 is 5.33. The molecule has 8 nitrogen and oxygen atoms in total. The lowest BCUT2D eigenvalue weighted by atomic mass is 10.3. The Labute approximate surface area is 142 Å². The van der Waals surface area contributed by atoms with E-state index in [1.54, 1.807) is 27.9 Å². The highest BCUT2D eigenvalue weighted by molar-refractivity contribution is 5.89. The summed E-state index contributed by atoms with van der Waals surface area (Å²) in [5, 5.41) is 14.1. The molecular formula is C17H14N8. The van der Waals surface area contributed by atoms with E-state index in [-0.39, 0.29) is 0 Å². The predicted octanol–water partition coefficient (Wildman–Crippen LogP) is 2.35. The number of rotatable bonds is 3. The van der Waals surface area contributed by atoms with Gasteiger partial charge in [-0.2, -0.15) is 10.2 Å². The summed E-state index contributed by atoms with van der Waals surface area (Å²) in [6, 6.07) is 9.91. The molecule has 25 heavy (non-hydrogen) atoms. The van der Waals surface area contributed by atoms with Gasteiger partial charge in [0.2, 0.25) is 0 Å². The average molecular weight is 330 g/mol. The van der Waals surface area contributed by atoms with E-state index in [1.165, 1.54) is 0 Å². The summed E-state index contributed by atoms with van der Waals surface area (Å²) in [6.07, 6.45) is 7.15. The average Bonchev–Trinajstić information content (AvgIpc) is 3.38. The van der Waals surface area contributed by atoms with Crippen LogP contribution in [0.3, 0.4) is 0 Å². The summed E-state index contributed by atoms with van der Waals surface area (Å²) in [6.45, 7) is 2.85. The maximum absolute atomic E-state index is 4.67. The second kappa shape index (κ2) is 5.23. The van der Waals surface area contributed by atoms with Crippen LogP contribution in [0, 0.1) is 0 Å². The monoisotopic (exact) mass is 330 g/mol. The Bertz CT molecular complexity index is 1180. The summed E-state index contributed by atoms with van der Waals surface area (Å²) in [4.78, 5) is 9.19. The van der Waals surface area contributed by atoms with Gasteiger partial charge in [0, 0.05) is 12.7 Å². The van der Waals surface area contributed by atoms with Gasteiger partial charge >= 0.3 is 0 Å². The van der Waals surface area contributed by atoms with Crippen LogP contribution in [-0.4, -0.2) is 39.1 Å². The van der Waals surface area contributed by atoms with Crippen LogP contribution in [0.1, 0.15) is 6.92 Å². The minimum absolute atomic E-state index is 0.626. The molecule has 0 radical (unpaired) electrons. The van der Waals surface area contributed by atoms with Crippen LogP contribution in [0.2, 0.25) is 0 Å². The summed E-state index contributed by atoms with van der Waals surface area (Å²) >= 11 is 0. The predicted molar refractivity (Wildman–Crippen MR) is 92.3 cm³/mol. The zero-order chi connectivity index (χ0) is 16.8. The van der Waals surface area contributed by atoms with Crippen LogP contribution in [-0.2, 0) is 6.54 Å². The van der Waals surface area contributed by atoms with Crippen LogP contribution in [0.5, 0.6) is 0 Å². The Kier molecular flexibility index (Phi) is 2.90. The van der Waals surface area contributed by atoms with Gasteiger partial charge in [-0.3, -0.25) is 4.68 Å². The number of benzene rings is 1. The molecule has 5 rings (SSSR count). The Hall–Kier alpha value is -3.55. The van der Waals surface area contributed by atoms with Crippen LogP contribution < -0.4 is 0 Å². The molecule has 0 aliphatic rings. The highest BCUT2D eigenvalue weighted by atomic mass is 15.4. The molecule has 0 unspecified atom stereocenters. The first kappa shape index (κ1) is 13.8. The minimum atomic E-state index is 0.626. The molecule has 0 saturated carbocycles. The van der Waals surface area contributed by atoms with Crippen molar-refractivity contribution in [1.29, 1.82) is 0 Å². The fraction of sp³-hybridized carbons (Fsp3) is 0.118. The molecule has 4 heterocycles. The van der Waals surface area contributed by atoms with Crippen molar-refractivity contribution in [2.75, 3.05) is 0 Å². The molecule has 4 aromatic heterocycles. The summed E-state index contributed by atoms with van der Waals surface area (Å²) in [7, 11) is 0. The lowest BCUT2D eigenvalue weighted by Crippen LogP contribution is -1.98. The van der Waals surface area contributed by atoms with Gasteiger partial charge in [0.05, 0.1) is 29.0 Å². The quantitative estimate of drug-likeness (QED) is 0.507. The zero-order valence-electron chi connectivity index (χ0n) is 13.5. The van der Waals surface area contributed by atoms with Crippen molar-refractivity contribution in [2.24, 2.45) is 0 Å². The van der Waals surface area contributed by atoms with E-state index in [4.69, 9.17) is 0 Å². The van der Waals surface area contributed by atoms with Gasteiger partial charge in [-0.1, -0.05) is 18.2 Å². The minimum Gasteiger partial charge on any atom is -0.272 e. The fourth-order valence-corrected chi connectivity index (χ4v) is 2.85. The standard InChI is InChI=1S/C17H14N8/c1-2-23-10-12(8-19-23)15-21-17-14-9-20-25(13-6-4-3-5-7-13)16(14)18-11-24(17)22-15/h3-11H,2H2,1H3. The Morgan fingerprint density at radius 1 is 1.00 bits per heavy atom. The highest BCUT2D eigenvalue weighted by Gasteiger charge is 2.15. The van der Waals surface area contributed by atoms with Crippen molar-refractivity contribution >= 4 is 16.7 Å². The second-order valence-corrected chi connectivity index (χ2v) is 5.66. The van der Waals surface area contributed by atoms with E-state index < -0.39 is 0 Å². The highest BCUT2D eigenvalue weighted by Crippen LogP contribution is 2.22. The van der Waals surface area contributed by atoms with Crippen molar-refractivity contribution in [3.63, 3.8) is 0 Å². The van der Waals surface area contributed by atoms with Crippen molar-refractivity contribution < 1.29 is 0 Å². The van der Waals surface area contributed by atoms with Crippen molar-refractivity contribution in [2.45, 2.75) is 13.5 Å². The molecule has 0 amide bonds. The van der Waals surface area contributed by atoms with Gasteiger partial charge in [0.1, 0.15) is 6.33 Å². The molecule has 0 N–H and O–H groups in total. The number of para-hydroxylation sites is 1. The molecule has 8 heteroatoms. The zero-order valence-corrected chi connectivity index (χ0v) is 13.5. The SMILES string of the molecule is CCn1cc(-c2nc3c4cnn(-c5ccccc5)c4ncn3n2)cn1. The van der Waals surface area contributed by atoms with E-state index in [1.807, 2.05) is 48.1 Å². The number of aryl methyl sites for hydroxylation is 1.